The molecule has 1 aliphatic heterocycles. The fourth-order valence-corrected chi connectivity index (χ4v) is 2.86. The number of esters is 1. The lowest BCUT2D eigenvalue weighted by Gasteiger charge is -2.30. The Labute approximate surface area is 147 Å². The molecule has 0 bridgehead atoms. The quantitative estimate of drug-likeness (QED) is 0.814. The number of benzene rings is 2. The first-order valence-electron chi connectivity index (χ1n) is 8.25. The van der Waals surface area contributed by atoms with Crippen LogP contribution in [-0.2, 0) is 16.0 Å². The normalized spacial score (nSPS) is 14.2. The third kappa shape index (κ3) is 4.03. The van der Waals surface area contributed by atoms with Crippen LogP contribution >= 0.6 is 0 Å². The number of aromatic hydroxyl groups is 1. The molecule has 2 aromatic rings. The Bertz CT molecular complexity index is 742. The van der Waals surface area contributed by atoms with E-state index < -0.39 is 0 Å². The van der Waals surface area contributed by atoms with Crippen LogP contribution < -0.4 is 10.2 Å². The first-order chi connectivity index (χ1) is 12.2. The average Bonchev–Trinajstić information content (AvgIpc) is 2.67. The lowest BCUT2D eigenvalue weighted by Crippen LogP contribution is -2.37. The summed E-state index contributed by atoms with van der Waals surface area (Å²) in [5.74, 6) is -0.124. The molecule has 1 heterocycles. The Hall–Kier alpha value is -2.73. The van der Waals surface area contributed by atoms with Crippen LogP contribution in [0.5, 0.6) is 5.75 Å². The topological polar surface area (TPSA) is 71.0 Å². The predicted octanol–water partition coefficient (Wildman–Crippen LogP) is 2.63. The van der Waals surface area contributed by atoms with E-state index in [-0.39, 0.29) is 11.7 Å². The van der Waals surface area contributed by atoms with Gasteiger partial charge in [0.2, 0.25) is 0 Å². The number of hydrogen-bond acceptors (Lipinski definition) is 6. The van der Waals surface area contributed by atoms with Gasteiger partial charge in [0.25, 0.3) is 0 Å². The highest BCUT2D eigenvalue weighted by molar-refractivity contribution is 5.97. The number of nitrogens with one attached hydrogen (secondary N) is 1. The highest BCUT2D eigenvalue weighted by Crippen LogP contribution is 2.27. The van der Waals surface area contributed by atoms with Gasteiger partial charge in [-0.3, -0.25) is 0 Å². The monoisotopic (exact) mass is 342 g/mol. The summed E-state index contributed by atoms with van der Waals surface area (Å²) < 4.78 is 10.3. The van der Waals surface area contributed by atoms with Crippen LogP contribution in [0.4, 0.5) is 11.4 Å². The van der Waals surface area contributed by atoms with Crippen LogP contribution in [-0.4, -0.2) is 44.5 Å². The average molecular weight is 342 g/mol. The van der Waals surface area contributed by atoms with Crippen molar-refractivity contribution >= 4 is 17.3 Å². The second kappa shape index (κ2) is 7.90. The van der Waals surface area contributed by atoms with Crippen molar-refractivity contribution in [2.45, 2.75) is 6.54 Å². The van der Waals surface area contributed by atoms with Gasteiger partial charge in [0, 0.05) is 30.9 Å². The van der Waals surface area contributed by atoms with Crippen LogP contribution in [0.15, 0.2) is 42.5 Å². The van der Waals surface area contributed by atoms with Gasteiger partial charge >= 0.3 is 5.97 Å². The van der Waals surface area contributed by atoms with Crippen LogP contribution in [0.2, 0.25) is 0 Å². The van der Waals surface area contributed by atoms with Crippen LogP contribution in [0.25, 0.3) is 0 Å². The molecular weight excluding hydrogens is 320 g/mol. The second-order valence-electron chi connectivity index (χ2n) is 5.81. The Morgan fingerprint density at radius 1 is 1.24 bits per heavy atom. The SMILES string of the molecule is COC(=O)c1cc(NCc2ccccc2O)ccc1N1CCOCC1. The zero-order valence-corrected chi connectivity index (χ0v) is 14.2. The molecule has 132 valence electrons. The third-order valence-electron chi connectivity index (χ3n) is 4.23. The summed E-state index contributed by atoms with van der Waals surface area (Å²) in [7, 11) is 1.38. The molecule has 6 heteroatoms. The van der Waals surface area contributed by atoms with E-state index >= 15 is 0 Å². The van der Waals surface area contributed by atoms with Crippen molar-refractivity contribution < 1.29 is 19.4 Å². The molecule has 6 nitrogen and oxygen atoms in total. The van der Waals surface area contributed by atoms with Gasteiger partial charge in [-0.2, -0.15) is 0 Å². The number of rotatable bonds is 5. The number of para-hydroxylation sites is 1. The molecular formula is C19H22N2O4. The molecule has 0 aliphatic carbocycles. The number of ether oxygens (including phenoxy) is 2. The van der Waals surface area contributed by atoms with Gasteiger partial charge in [-0.05, 0) is 24.3 Å². The maximum Gasteiger partial charge on any atom is 0.340 e. The molecule has 2 aromatic carbocycles. The highest BCUT2D eigenvalue weighted by atomic mass is 16.5. The van der Waals surface area contributed by atoms with Gasteiger partial charge in [0.1, 0.15) is 5.75 Å². The Kier molecular flexibility index (Phi) is 5.40. The zero-order valence-electron chi connectivity index (χ0n) is 14.2. The van der Waals surface area contributed by atoms with E-state index in [2.05, 4.69) is 10.2 Å². The van der Waals surface area contributed by atoms with E-state index in [1.165, 1.54) is 7.11 Å². The predicted molar refractivity (Wildman–Crippen MR) is 96.2 cm³/mol. The summed E-state index contributed by atoms with van der Waals surface area (Å²) in [6.07, 6.45) is 0. The molecule has 0 aromatic heterocycles. The van der Waals surface area contributed by atoms with Crippen molar-refractivity contribution in [1.82, 2.24) is 0 Å². The number of hydrogen-bond donors (Lipinski definition) is 2. The van der Waals surface area contributed by atoms with E-state index in [0.29, 0.717) is 25.3 Å². The van der Waals surface area contributed by atoms with E-state index in [1.807, 2.05) is 24.3 Å². The maximum absolute atomic E-state index is 12.2. The Morgan fingerprint density at radius 2 is 2.00 bits per heavy atom. The summed E-state index contributed by atoms with van der Waals surface area (Å²) in [6.45, 7) is 3.25. The minimum Gasteiger partial charge on any atom is -0.508 e. The first-order valence-corrected chi connectivity index (χ1v) is 8.25. The van der Waals surface area contributed by atoms with Gasteiger partial charge in [0.15, 0.2) is 0 Å². The molecule has 2 N–H and O–H groups in total. The van der Waals surface area contributed by atoms with Gasteiger partial charge in [-0.25, -0.2) is 4.79 Å². The number of phenolic OH excluding ortho intramolecular Hbond substituents is 1. The van der Waals surface area contributed by atoms with Gasteiger partial charge in [0.05, 0.1) is 31.6 Å². The molecule has 0 saturated carbocycles. The van der Waals surface area contributed by atoms with Crippen LogP contribution in [0.1, 0.15) is 15.9 Å². The Balaban J connectivity index is 1.81. The standard InChI is InChI=1S/C19H22N2O4/c1-24-19(23)16-12-15(20-13-14-4-2-3-5-18(14)22)6-7-17(16)21-8-10-25-11-9-21/h2-7,12,20,22H,8-11,13H2,1H3. The van der Waals surface area contributed by atoms with E-state index in [9.17, 15) is 9.90 Å². The number of anilines is 2. The smallest absolute Gasteiger partial charge is 0.340 e. The van der Waals surface area contributed by atoms with Gasteiger partial charge in [-0.1, -0.05) is 18.2 Å². The lowest BCUT2D eigenvalue weighted by molar-refractivity contribution is 0.0600. The summed E-state index contributed by atoms with van der Waals surface area (Å²) in [5.41, 5.74) is 2.95. The van der Waals surface area contributed by atoms with Crippen molar-refractivity contribution in [2.24, 2.45) is 0 Å². The minimum absolute atomic E-state index is 0.244. The number of carbonyl (C=O) groups excluding carboxylic acids is 1. The van der Waals surface area contributed by atoms with Crippen molar-refractivity contribution in [3.8, 4) is 5.75 Å². The van der Waals surface area contributed by atoms with Crippen molar-refractivity contribution in [2.75, 3.05) is 43.6 Å². The Morgan fingerprint density at radius 3 is 2.72 bits per heavy atom. The number of methoxy groups -OCH3 is 1. The highest BCUT2D eigenvalue weighted by Gasteiger charge is 2.19. The number of nitrogens with zero attached hydrogens (tertiary/aromatic N) is 1. The molecule has 0 radical (unpaired) electrons. The number of morpholine rings is 1. The van der Waals surface area contributed by atoms with Gasteiger partial charge in [-0.15, -0.1) is 0 Å². The molecule has 1 fully saturated rings. The second-order valence-corrected chi connectivity index (χ2v) is 5.81. The molecule has 0 amide bonds. The summed E-state index contributed by atoms with van der Waals surface area (Å²) in [6, 6.07) is 12.8. The van der Waals surface area contributed by atoms with Crippen molar-refractivity contribution in [1.29, 1.82) is 0 Å². The van der Waals surface area contributed by atoms with Crippen molar-refractivity contribution in [3.63, 3.8) is 0 Å². The van der Waals surface area contributed by atoms with Crippen LogP contribution in [0.3, 0.4) is 0 Å². The molecule has 25 heavy (non-hydrogen) atoms. The summed E-state index contributed by atoms with van der Waals surface area (Å²) in [5, 5.41) is 13.1. The summed E-state index contributed by atoms with van der Waals surface area (Å²) in [4.78, 5) is 14.3. The lowest BCUT2D eigenvalue weighted by atomic mass is 10.1. The maximum atomic E-state index is 12.2. The number of carbonyl (C=O) groups is 1. The third-order valence-corrected chi connectivity index (χ3v) is 4.23. The molecule has 3 rings (SSSR count). The van der Waals surface area contributed by atoms with Crippen LogP contribution in [0, 0.1) is 0 Å². The fraction of sp³-hybridized carbons (Fsp3) is 0.316. The zero-order chi connectivity index (χ0) is 17.6. The first kappa shape index (κ1) is 17.1. The molecule has 0 spiro atoms. The molecule has 1 aliphatic rings. The summed E-state index contributed by atoms with van der Waals surface area (Å²) >= 11 is 0. The van der Waals surface area contributed by atoms with Gasteiger partial charge < -0.3 is 24.8 Å². The molecule has 1 saturated heterocycles. The molecule has 0 atom stereocenters. The minimum atomic E-state index is -0.368. The molecule has 0 unspecified atom stereocenters. The van der Waals surface area contributed by atoms with E-state index in [1.54, 1.807) is 18.2 Å². The van der Waals surface area contributed by atoms with E-state index in [4.69, 9.17) is 9.47 Å². The van der Waals surface area contributed by atoms with E-state index in [0.717, 1.165) is 30.0 Å². The van der Waals surface area contributed by atoms with Crippen molar-refractivity contribution in [3.05, 3.63) is 53.6 Å². The largest absolute Gasteiger partial charge is 0.508 e. The number of phenols is 1. The fourth-order valence-electron chi connectivity index (χ4n) is 2.86.